The van der Waals surface area contributed by atoms with Gasteiger partial charge in [0, 0.05) is 35.9 Å². The topological polar surface area (TPSA) is 66.9 Å². The second-order valence-corrected chi connectivity index (χ2v) is 5.09. The first-order chi connectivity index (χ1) is 7.63. The van der Waals surface area contributed by atoms with Crippen molar-refractivity contribution in [3.8, 4) is 0 Å². The molecule has 16 heavy (non-hydrogen) atoms. The zero-order valence-corrected chi connectivity index (χ0v) is 10.9. The Labute approximate surface area is 102 Å². The molecular formula is C9H15ClN4OS. The molecule has 1 rings (SSSR count). The van der Waals surface area contributed by atoms with E-state index in [4.69, 9.17) is 11.6 Å². The Kier molecular flexibility index (Phi) is 5.48. The number of nitrogens with zero attached hydrogens (tertiary/aromatic N) is 2. The highest BCUT2D eigenvalue weighted by Gasteiger charge is 2.04. The van der Waals surface area contributed by atoms with Crippen LogP contribution in [0.4, 0.5) is 11.8 Å². The molecule has 7 heteroatoms. The zero-order chi connectivity index (χ0) is 12.0. The molecule has 1 aromatic rings. The normalized spacial score (nSPS) is 12.2. The van der Waals surface area contributed by atoms with Crippen molar-refractivity contribution in [3.63, 3.8) is 0 Å². The van der Waals surface area contributed by atoms with Crippen LogP contribution in [0.5, 0.6) is 0 Å². The third-order valence-electron chi connectivity index (χ3n) is 1.76. The SMILES string of the molecule is CCNc1ncc(Cl)c(NCCS(C)=O)n1. The lowest BCUT2D eigenvalue weighted by Crippen LogP contribution is -2.12. The fourth-order valence-corrected chi connectivity index (χ4v) is 1.59. The maximum Gasteiger partial charge on any atom is 0.224 e. The predicted molar refractivity (Wildman–Crippen MR) is 68.6 cm³/mol. The van der Waals surface area contributed by atoms with E-state index in [2.05, 4.69) is 20.6 Å². The van der Waals surface area contributed by atoms with Crippen LogP contribution in [0.25, 0.3) is 0 Å². The summed E-state index contributed by atoms with van der Waals surface area (Å²) in [4.78, 5) is 8.21. The summed E-state index contributed by atoms with van der Waals surface area (Å²) in [5.74, 6) is 1.67. The van der Waals surface area contributed by atoms with Gasteiger partial charge in [0.05, 0.1) is 6.20 Å². The molecule has 0 spiro atoms. The number of hydrogen-bond acceptors (Lipinski definition) is 5. The molecule has 2 N–H and O–H groups in total. The summed E-state index contributed by atoms with van der Waals surface area (Å²) >= 11 is 5.92. The molecule has 0 aromatic carbocycles. The summed E-state index contributed by atoms with van der Waals surface area (Å²) in [5, 5.41) is 6.48. The summed E-state index contributed by atoms with van der Waals surface area (Å²) in [6, 6.07) is 0. The molecule has 0 saturated carbocycles. The van der Waals surface area contributed by atoms with Crippen molar-refractivity contribution >= 4 is 34.2 Å². The minimum Gasteiger partial charge on any atom is -0.368 e. The van der Waals surface area contributed by atoms with Crippen LogP contribution < -0.4 is 10.6 Å². The molecule has 1 heterocycles. The highest BCUT2D eigenvalue weighted by molar-refractivity contribution is 7.84. The van der Waals surface area contributed by atoms with Crippen LogP contribution in [-0.2, 0) is 10.8 Å². The Bertz CT molecular complexity index is 375. The molecule has 0 aliphatic carbocycles. The molecule has 0 amide bonds. The number of nitrogens with one attached hydrogen (secondary N) is 2. The van der Waals surface area contributed by atoms with Gasteiger partial charge < -0.3 is 10.6 Å². The van der Waals surface area contributed by atoms with Crippen molar-refractivity contribution in [3.05, 3.63) is 11.2 Å². The van der Waals surface area contributed by atoms with E-state index >= 15 is 0 Å². The van der Waals surface area contributed by atoms with Crippen molar-refractivity contribution in [2.75, 3.05) is 35.7 Å². The largest absolute Gasteiger partial charge is 0.368 e. The van der Waals surface area contributed by atoms with Crippen molar-refractivity contribution in [2.24, 2.45) is 0 Å². The molecular weight excluding hydrogens is 248 g/mol. The van der Waals surface area contributed by atoms with E-state index in [0.717, 1.165) is 6.54 Å². The Hall–Kier alpha value is -0.880. The molecule has 1 aromatic heterocycles. The van der Waals surface area contributed by atoms with E-state index in [9.17, 15) is 4.21 Å². The monoisotopic (exact) mass is 262 g/mol. The summed E-state index contributed by atoms with van der Waals surface area (Å²) in [6.07, 6.45) is 3.20. The fraction of sp³-hybridized carbons (Fsp3) is 0.556. The number of halogens is 1. The maximum atomic E-state index is 10.9. The highest BCUT2D eigenvalue weighted by atomic mass is 35.5. The van der Waals surface area contributed by atoms with Gasteiger partial charge in [-0.1, -0.05) is 11.6 Å². The first-order valence-corrected chi connectivity index (χ1v) is 7.04. The van der Waals surface area contributed by atoms with E-state index in [0.29, 0.717) is 29.1 Å². The first kappa shape index (κ1) is 13.2. The van der Waals surface area contributed by atoms with Crippen LogP contribution in [0, 0.1) is 0 Å². The van der Waals surface area contributed by atoms with Crippen LogP contribution >= 0.6 is 11.6 Å². The van der Waals surface area contributed by atoms with Gasteiger partial charge in [-0.2, -0.15) is 4.98 Å². The zero-order valence-electron chi connectivity index (χ0n) is 9.29. The van der Waals surface area contributed by atoms with E-state index in [1.165, 1.54) is 6.20 Å². The van der Waals surface area contributed by atoms with Crippen LogP contribution in [0.3, 0.4) is 0 Å². The summed E-state index contributed by atoms with van der Waals surface area (Å²) in [5.41, 5.74) is 0. The third-order valence-corrected chi connectivity index (χ3v) is 2.82. The molecule has 0 aliphatic heterocycles. The van der Waals surface area contributed by atoms with E-state index in [1.54, 1.807) is 6.26 Å². The van der Waals surface area contributed by atoms with Gasteiger partial charge in [-0.25, -0.2) is 4.98 Å². The van der Waals surface area contributed by atoms with Gasteiger partial charge >= 0.3 is 0 Å². The average molecular weight is 263 g/mol. The Morgan fingerprint density at radius 1 is 1.50 bits per heavy atom. The Morgan fingerprint density at radius 3 is 2.88 bits per heavy atom. The van der Waals surface area contributed by atoms with Crippen molar-refractivity contribution in [2.45, 2.75) is 6.92 Å². The van der Waals surface area contributed by atoms with Gasteiger partial charge in [0.15, 0.2) is 5.82 Å². The number of anilines is 2. The highest BCUT2D eigenvalue weighted by Crippen LogP contribution is 2.18. The van der Waals surface area contributed by atoms with Crippen molar-refractivity contribution in [1.29, 1.82) is 0 Å². The standard InChI is InChI=1S/C9H15ClN4OS/c1-3-11-9-13-6-7(10)8(14-9)12-4-5-16(2)15/h6H,3-5H2,1-2H3,(H2,11,12,13,14). The van der Waals surface area contributed by atoms with Gasteiger partial charge in [-0.15, -0.1) is 0 Å². The van der Waals surface area contributed by atoms with Crippen LogP contribution in [0.15, 0.2) is 6.20 Å². The minimum atomic E-state index is -0.819. The molecule has 5 nitrogen and oxygen atoms in total. The lowest BCUT2D eigenvalue weighted by Gasteiger charge is -2.08. The lowest BCUT2D eigenvalue weighted by molar-refractivity contribution is 0.687. The molecule has 0 aliphatic rings. The van der Waals surface area contributed by atoms with Gasteiger partial charge in [0.1, 0.15) is 5.02 Å². The molecule has 0 fully saturated rings. The van der Waals surface area contributed by atoms with Crippen LogP contribution in [0.1, 0.15) is 6.92 Å². The molecule has 0 saturated heterocycles. The second kappa shape index (κ2) is 6.65. The van der Waals surface area contributed by atoms with Crippen molar-refractivity contribution in [1.82, 2.24) is 9.97 Å². The third kappa shape index (κ3) is 4.32. The molecule has 1 unspecified atom stereocenters. The molecule has 90 valence electrons. The lowest BCUT2D eigenvalue weighted by atomic mass is 10.5. The molecule has 1 atom stereocenters. The van der Waals surface area contributed by atoms with Gasteiger partial charge in [0.25, 0.3) is 0 Å². The van der Waals surface area contributed by atoms with Gasteiger partial charge in [0.2, 0.25) is 5.95 Å². The maximum absolute atomic E-state index is 10.9. The van der Waals surface area contributed by atoms with Crippen LogP contribution in [-0.4, -0.2) is 39.3 Å². The molecule has 0 bridgehead atoms. The fourth-order valence-electron chi connectivity index (χ4n) is 1.05. The Balaban J connectivity index is 2.62. The van der Waals surface area contributed by atoms with Gasteiger partial charge in [-0.3, -0.25) is 4.21 Å². The summed E-state index contributed by atoms with van der Waals surface area (Å²) in [7, 11) is -0.819. The molecule has 0 radical (unpaired) electrons. The van der Waals surface area contributed by atoms with Crippen molar-refractivity contribution < 1.29 is 4.21 Å². The number of hydrogen-bond donors (Lipinski definition) is 2. The van der Waals surface area contributed by atoms with Crippen LogP contribution in [0.2, 0.25) is 5.02 Å². The van der Waals surface area contributed by atoms with Gasteiger partial charge in [-0.05, 0) is 6.92 Å². The Morgan fingerprint density at radius 2 is 2.25 bits per heavy atom. The quantitative estimate of drug-likeness (QED) is 0.810. The van der Waals surface area contributed by atoms with E-state index in [-0.39, 0.29) is 0 Å². The van der Waals surface area contributed by atoms with E-state index < -0.39 is 10.8 Å². The predicted octanol–water partition coefficient (Wildman–Crippen LogP) is 1.35. The average Bonchev–Trinajstić information content (AvgIpc) is 2.22. The summed E-state index contributed by atoms with van der Waals surface area (Å²) < 4.78 is 10.9. The second-order valence-electron chi connectivity index (χ2n) is 3.12. The number of rotatable bonds is 6. The number of aromatic nitrogens is 2. The summed E-state index contributed by atoms with van der Waals surface area (Å²) in [6.45, 7) is 3.29. The van der Waals surface area contributed by atoms with E-state index in [1.807, 2.05) is 6.92 Å². The smallest absolute Gasteiger partial charge is 0.224 e. The minimum absolute atomic E-state index is 0.462. The first-order valence-electron chi connectivity index (χ1n) is 4.93.